The van der Waals surface area contributed by atoms with E-state index >= 15 is 0 Å². The molecule has 3 nitrogen and oxygen atoms in total. The minimum atomic E-state index is -2.78. The predicted octanol–water partition coefficient (Wildman–Crippen LogP) is 10.2. The molecule has 0 radical (unpaired) electrons. The van der Waals surface area contributed by atoms with Gasteiger partial charge in [-0.1, -0.05) is 159 Å². The number of fused-ring (bicyclic) bond motifs is 10. The lowest BCUT2D eigenvalue weighted by Gasteiger charge is -2.40. The largest absolute Gasteiger partial charge is 0.278 e. The van der Waals surface area contributed by atoms with Gasteiger partial charge in [0.05, 0.1) is 22.4 Å². The first-order valence-corrected chi connectivity index (χ1v) is 20.9. The average Bonchev–Trinajstić information content (AvgIpc) is 3.85. The number of benzene rings is 6. The third-order valence-corrected chi connectivity index (χ3v) is 18.2. The highest BCUT2D eigenvalue weighted by molar-refractivity contribution is 7.26. The van der Waals surface area contributed by atoms with Crippen molar-refractivity contribution < 1.29 is 0 Å². The molecule has 6 aromatic carbocycles. The molecular formula is C47H33N3SSi. The summed E-state index contributed by atoms with van der Waals surface area (Å²) in [7, 11) is -2.78. The maximum absolute atomic E-state index is 5.75. The van der Waals surface area contributed by atoms with Gasteiger partial charge in [-0.05, 0) is 40.0 Å². The normalized spacial score (nSPS) is 19.2. The van der Waals surface area contributed by atoms with Gasteiger partial charge in [-0.25, -0.2) is 9.97 Å². The molecule has 0 fully saturated rings. The molecule has 3 aromatic heterocycles. The summed E-state index contributed by atoms with van der Waals surface area (Å²) in [5.74, 6) is 1.06. The molecule has 11 rings (SSSR count). The van der Waals surface area contributed by atoms with E-state index < -0.39 is 8.07 Å². The van der Waals surface area contributed by atoms with Crippen LogP contribution in [0.25, 0.3) is 70.4 Å². The Labute approximate surface area is 306 Å². The van der Waals surface area contributed by atoms with Gasteiger partial charge in [0.15, 0.2) is 8.07 Å². The van der Waals surface area contributed by atoms with Gasteiger partial charge in [0.2, 0.25) is 5.95 Å². The monoisotopic (exact) mass is 699 g/mol. The lowest BCUT2D eigenvalue weighted by molar-refractivity contribution is 0.721. The van der Waals surface area contributed by atoms with Gasteiger partial charge in [0, 0.05) is 47.3 Å². The van der Waals surface area contributed by atoms with Gasteiger partial charge >= 0.3 is 0 Å². The van der Waals surface area contributed by atoms with E-state index in [1.165, 1.54) is 52.1 Å². The first kappa shape index (κ1) is 29.8. The van der Waals surface area contributed by atoms with Crippen LogP contribution in [0.1, 0.15) is 6.92 Å². The van der Waals surface area contributed by atoms with Crippen molar-refractivity contribution in [2.75, 3.05) is 0 Å². The van der Waals surface area contributed by atoms with Gasteiger partial charge in [-0.2, -0.15) is 0 Å². The fraction of sp³-hybridized carbons (Fsp3) is 0.0638. The van der Waals surface area contributed by atoms with Crippen LogP contribution in [0, 0.1) is 5.92 Å². The zero-order valence-electron chi connectivity index (χ0n) is 28.6. The van der Waals surface area contributed by atoms with Crippen LogP contribution < -0.4 is 15.6 Å². The Morgan fingerprint density at radius 2 is 1.29 bits per heavy atom. The number of allylic oxidation sites excluding steroid dienone is 4. The molecule has 0 saturated carbocycles. The quantitative estimate of drug-likeness (QED) is 0.171. The minimum Gasteiger partial charge on any atom is -0.278 e. The highest BCUT2D eigenvalue weighted by atomic mass is 32.1. The van der Waals surface area contributed by atoms with E-state index in [1.807, 2.05) is 11.3 Å². The second kappa shape index (κ2) is 11.3. The smallest absolute Gasteiger partial charge is 0.235 e. The molecular weight excluding hydrogens is 667 g/mol. The third-order valence-electron chi connectivity index (χ3n) is 11.5. The summed E-state index contributed by atoms with van der Waals surface area (Å²) in [6, 6.07) is 53.3. The Balaban J connectivity index is 1.30. The molecule has 0 saturated heterocycles. The molecule has 1 aliphatic carbocycles. The Morgan fingerprint density at radius 1 is 0.596 bits per heavy atom. The Morgan fingerprint density at radius 3 is 2.13 bits per heavy atom. The lowest BCUT2D eigenvalue weighted by atomic mass is 10.0. The summed E-state index contributed by atoms with van der Waals surface area (Å²) in [5, 5.41) is 9.23. The summed E-state index contributed by atoms with van der Waals surface area (Å²) in [5.41, 5.74) is 7.00. The van der Waals surface area contributed by atoms with Crippen molar-refractivity contribution in [3.05, 3.63) is 170 Å². The van der Waals surface area contributed by atoms with E-state index in [1.54, 1.807) is 0 Å². The number of aromatic nitrogens is 3. The van der Waals surface area contributed by atoms with E-state index in [-0.39, 0.29) is 5.54 Å². The molecule has 9 aromatic rings. The number of nitrogens with zero attached hydrogens (tertiary/aromatic N) is 3. The van der Waals surface area contributed by atoms with E-state index in [0.29, 0.717) is 11.9 Å². The molecule has 4 heterocycles. The fourth-order valence-corrected chi connectivity index (χ4v) is 16.7. The maximum Gasteiger partial charge on any atom is 0.235 e. The first-order chi connectivity index (χ1) is 25.7. The molecule has 0 bridgehead atoms. The Hall–Kier alpha value is -5.88. The molecule has 246 valence electrons. The molecule has 5 heteroatoms. The molecule has 3 atom stereocenters. The maximum atomic E-state index is 5.75. The van der Waals surface area contributed by atoms with Gasteiger partial charge < -0.3 is 0 Å². The van der Waals surface area contributed by atoms with Crippen LogP contribution in [0.2, 0.25) is 5.54 Å². The number of hydrogen-bond acceptors (Lipinski definition) is 3. The van der Waals surface area contributed by atoms with Crippen molar-refractivity contribution in [3.8, 4) is 28.5 Å². The Kier molecular flexibility index (Phi) is 6.48. The van der Waals surface area contributed by atoms with Crippen molar-refractivity contribution in [3.63, 3.8) is 0 Å². The van der Waals surface area contributed by atoms with Crippen molar-refractivity contribution in [1.82, 2.24) is 14.5 Å². The standard InChI is InChI=1S/C47H33N3SSi/c1-30-16-8-14-26-40(30)52(32-19-6-3-7-20-32)41-27-15-11-23-36(41)44-46(52)43(31-17-4-2-5-18-31)48-47(49-44)50-37-24-12-9-22-35(37)42-38(50)29-28-34-33-21-10-13-25-39(33)51-45(34)42/h2-30,40H,1H3. The molecule has 0 N–H and O–H groups in total. The van der Waals surface area contributed by atoms with Crippen LogP contribution in [0.3, 0.4) is 0 Å². The molecule has 52 heavy (non-hydrogen) atoms. The highest BCUT2D eigenvalue weighted by Gasteiger charge is 2.55. The zero-order valence-corrected chi connectivity index (χ0v) is 30.4. The minimum absolute atomic E-state index is 0.286. The van der Waals surface area contributed by atoms with E-state index in [2.05, 4.69) is 181 Å². The van der Waals surface area contributed by atoms with Crippen molar-refractivity contribution in [1.29, 1.82) is 0 Å². The highest BCUT2D eigenvalue weighted by Crippen LogP contribution is 2.45. The molecule has 0 amide bonds. The van der Waals surface area contributed by atoms with Gasteiger partial charge in [-0.15, -0.1) is 11.3 Å². The summed E-state index contributed by atoms with van der Waals surface area (Å²) in [4.78, 5) is 11.5. The van der Waals surface area contributed by atoms with Gasteiger partial charge in [0.25, 0.3) is 0 Å². The Bertz CT molecular complexity index is 2940. The van der Waals surface area contributed by atoms with Crippen LogP contribution in [-0.4, -0.2) is 22.6 Å². The van der Waals surface area contributed by atoms with Crippen molar-refractivity contribution >= 4 is 76.9 Å². The van der Waals surface area contributed by atoms with Crippen molar-refractivity contribution in [2.24, 2.45) is 5.92 Å². The van der Waals surface area contributed by atoms with Gasteiger partial charge in [0.1, 0.15) is 0 Å². The third kappa shape index (κ3) is 4.00. The molecule has 3 unspecified atom stereocenters. The topological polar surface area (TPSA) is 30.7 Å². The summed E-state index contributed by atoms with van der Waals surface area (Å²) in [6.45, 7) is 2.38. The molecule has 0 spiro atoms. The van der Waals surface area contributed by atoms with Gasteiger partial charge in [-0.3, -0.25) is 4.57 Å². The van der Waals surface area contributed by atoms with Crippen molar-refractivity contribution in [2.45, 2.75) is 12.5 Å². The van der Waals surface area contributed by atoms with E-state index in [0.717, 1.165) is 28.0 Å². The second-order valence-corrected chi connectivity index (χ2v) is 19.1. The zero-order chi connectivity index (χ0) is 34.4. The summed E-state index contributed by atoms with van der Waals surface area (Å²) in [6.07, 6.45) is 9.33. The number of thiophene rings is 1. The number of rotatable bonds is 4. The number of para-hydroxylation sites is 1. The predicted molar refractivity (Wildman–Crippen MR) is 222 cm³/mol. The lowest BCUT2D eigenvalue weighted by Crippen LogP contribution is -2.69. The first-order valence-electron chi connectivity index (χ1n) is 18.1. The molecule has 1 aliphatic heterocycles. The second-order valence-electron chi connectivity index (χ2n) is 14.1. The summed E-state index contributed by atoms with van der Waals surface area (Å²) >= 11 is 1.88. The van der Waals surface area contributed by atoms with Crippen LogP contribution >= 0.6 is 11.3 Å². The fourth-order valence-electron chi connectivity index (χ4n) is 9.34. The molecule has 2 aliphatic rings. The van der Waals surface area contributed by atoms with Crippen LogP contribution in [0.5, 0.6) is 0 Å². The van der Waals surface area contributed by atoms with E-state index in [9.17, 15) is 0 Å². The van der Waals surface area contributed by atoms with Crippen LogP contribution in [0.15, 0.2) is 170 Å². The van der Waals surface area contributed by atoms with E-state index in [4.69, 9.17) is 9.97 Å². The van der Waals surface area contributed by atoms with Crippen LogP contribution in [0.4, 0.5) is 0 Å². The summed E-state index contributed by atoms with van der Waals surface area (Å²) < 4.78 is 4.94. The number of hydrogen-bond donors (Lipinski definition) is 0. The average molecular weight is 700 g/mol. The SMILES string of the molecule is CC1C=CC=CC1[Si]1(c2ccccc2)c2ccccc2-c2nc(-n3c4ccccc4c4c5sc6ccccc6c5ccc43)nc(-c3ccccc3)c21. The van der Waals surface area contributed by atoms with Crippen LogP contribution in [-0.2, 0) is 0 Å².